The molecular formula is C20H19NO. The fraction of sp³-hybridized carbons (Fsp3) is 0.100. The predicted octanol–water partition coefficient (Wildman–Crippen LogP) is 4.82. The van der Waals surface area contributed by atoms with E-state index in [0.717, 1.165) is 33.7 Å². The first-order valence-corrected chi connectivity index (χ1v) is 7.36. The van der Waals surface area contributed by atoms with Crippen LogP contribution in [0, 0.1) is 6.92 Å². The van der Waals surface area contributed by atoms with Crippen LogP contribution >= 0.6 is 0 Å². The number of nitrogen functional groups attached to an aromatic ring is 1. The third kappa shape index (κ3) is 3.29. The second kappa shape index (κ2) is 6.35. The van der Waals surface area contributed by atoms with Crippen molar-refractivity contribution in [1.29, 1.82) is 0 Å². The monoisotopic (exact) mass is 289 g/mol. The minimum absolute atomic E-state index is 0.574. The molecule has 3 aromatic rings. The molecule has 3 rings (SSSR count). The number of benzene rings is 3. The quantitative estimate of drug-likeness (QED) is 0.699. The maximum Gasteiger partial charge on any atom is 0.120 e. The fourth-order valence-corrected chi connectivity index (χ4v) is 2.36. The third-order valence-electron chi connectivity index (χ3n) is 3.69. The van der Waals surface area contributed by atoms with Gasteiger partial charge in [-0.1, -0.05) is 48.5 Å². The van der Waals surface area contributed by atoms with E-state index in [-0.39, 0.29) is 0 Å². The molecule has 0 unspecified atom stereocenters. The average molecular weight is 289 g/mol. The van der Waals surface area contributed by atoms with Crippen LogP contribution in [0.3, 0.4) is 0 Å². The van der Waals surface area contributed by atoms with Crippen LogP contribution < -0.4 is 10.5 Å². The van der Waals surface area contributed by atoms with E-state index in [0.29, 0.717) is 6.61 Å². The van der Waals surface area contributed by atoms with E-state index in [2.05, 4.69) is 30.3 Å². The van der Waals surface area contributed by atoms with Gasteiger partial charge in [0.1, 0.15) is 12.4 Å². The van der Waals surface area contributed by atoms with Crippen LogP contribution in [0.2, 0.25) is 0 Å². The van der Waals surface area contributed by atoms with Crippen LogP contribution in [0.1, 0.15) is 11.1 Å². The van der Waals surface area contributed by atoms with Gasteiger partial charge in [0.2, 0.25) is 0 Å². The van der Waals surface area contributed by atoms with Gasteiger partial charge in [-0.15, -0.1) is 0 Å². The molecule has 0 aliphatic rings. The van der Waals surface area contributed by atoms with Crippen LogP contribution in [0.4, 0.5) is 5.69 Å². The van der Waals surface area contributed by atoms with Gasteiger partial charge in [0.25, 0.3) is 0 Å². The molecule has 0 amide bonds. The number of rotatable bonds is 4. The van der Waals surface area contributed by atoms with Gasteiger partial charge in [0.05, 0.1) is 0 Å². The third-order valence-corrected chi connectivity index (χ3v) is 3.69. The highest BCUT2D eigenvalue weighted by molar-refractivity contribution is 5.68. The zero-order chi connectivity index (χ0) is 15.4. The molecule has 0 atom stereocenters. The highest BCUT2D eigenvalue weighted by atomic mass is 16.5. The van der Waals surface area contributed by atoms with Crippen molar-refractivity contribution in [3.8, 4) is 16.9 Å². The number of hydrogen-bond acceptors (Lipinski definition) is 2. The molecule has 0 spiro atoms. The number of ether oxygens (including phenoxy) is 1. The molecule has 2 N–H and O–H groups in total. The Balaban J connectivity index is 1.79. The Morgan fingerprint density at radius 3 is 2.36 bits per heavy atom. The molecule has 0 aliphatic carbocycles. The van der Waals surface area contributed by atoms with Gasteiger partial charge in [-0.25, -0.2) is 0 Å². The molecule has 0 saturated heterocycles. The van der Waals surface area contributed by atoms with Crippen LogP contribution in [0.15, 0.2) is 72.8 Å². The standard InChI is InChI=1S/C20H19NO/c1-15-12-18(10-11-20(15)21)17-8-5-9-19(13-17)22-14-16-6-3-2-4-7-16/h2-13H,14,21H2,1H3. The lowest BCUT2D eigenvalue weighted by Crippen LogP contribution is -1.95. The van der Waals surface area contributed by atoms with Crippen molar-refractivity contribution < 1.29 is 4.74 Å². The summed E-state index contributed by atoms with van der Waals surface area (Å²) in [6.45, 7) is 2.60. The predicted molar refractivity (Wildman–Crippen MR) is 91.8 cm³/mol. The van der Waals surface area contributed by atoms with Crippen LogP contribution in [-0.2, 0) is 6.61 Å². The van der Waals surface area contributed by atoms with Crippen LogP contribution in [0.5, 0.6) is 5.75 Å². The lowest BCUT2D eigenvalue weighted by Gasteiger charge is -2.09. The molecule has 110 valence electrons. The summed E-state index contributed by atoms with van der Waals surface area (Å²) >= 11 is 0. The Bertz CT molecular complexity index is 766. The summed E-state index contributed by atoms with van der Waals surface area (Å²) in [6, 6.07) is 24.4. The number of aryl methyl sites for hydroxylation is 1. The minimum Gasteiger partial charge on any atom is -0.489 e. The van der Waals surface area contributed by atoms with E-state index in [1.54, 1.807) is 0 Å². The fourth-order valence-electron chi connectivity index (χ4n) is 2.36. The lowest BCUT2D eigenvalue weighted by atomic mass is 10.0. The normalized spacial score (nSPS) is 10.4. The van der Waals surface area contributed by atoms with Crippen molar-refractivity contribution in [2.45, 2.75) is 13.5 Å². The molecule has 0 aromatic heterocycles. The smallest absolute Gasteiger partial charge is 0.120 e. The van der Waals surface area contributed by atoms with Gasteiger partial charge in [0, 0.05) is 5.69 Å². The molecule has 0 bridgehead atoms. The number of anilines is 1. The first kappa shape index (κ1) is 14.2. The Morgan fingerprint density at radius 1 is 0.818 bits per heavy atom. The van der Waals surface area contributed by atoms with Crippen molar-refractivity contribution in [2.75, 3.05) is 5.73 Å². The summed E-state index contributed by atoms with van der Waals surface area (Å²) < 4.78 is 5.88. The zero-order valence-electron chi connectivity index (χ0n) is 12.6. The van der Waals surface area contributed by atoms with Gasteiger partial charge >= 0.3 is 0 Å². The molecule has 2 nitrogen and oxygen atoms in total. The van der Waals surface area contributed by atoms with Gasteiger partial charge in [-0.05, 0) is 53.4 Å². The van der Waals surface area contributed by atoms with Crippen molar-refractivity contribution in [3.05, 3.63) is 83.9 Å². The second-order valence-corrected chi connectivity index (χ2v) is 5.37. The molecule has 0 aliphatic heterocycles. The molecule has 0 fully saturated rings. The summed E-state index contributed by atoms with van der Waals surface area (Å²) in [4.78, 5) is 0. The van der Waals surface area contributed by atoms with Gasteiger partial charge in [0.15, 0.2) is 0 Å². The van der Waals surface area contributed by atoms with E-state index < -0.39 is 0 Å². The van der Waals surface area contributed by atoms with Gasteiger partial charge < -0.3 is 10.5 Å². The molecule has 0 saturated carbocycles. The summed E-state index contributed by atoms with van der Waals surface area (Å²) in [5.41, 5.74) is 11.2. The molecular weight excluding hydrogens is 270 g/mol. The number of nitrogens with two attached hydrogens (primary N) is 1. The van der Waals surface area contributed by atoms with E-state index >= 15 is 0 Å². The molecule has 22 heavy (non-hydrogen) atoms. The average Bonchev–Trinajstić information content (AvgIpc) is 2.57. The highest BCUT2D eigenvalue weighted by Crippen LogP contribution is 2.26. The molecule has 0 heterocycles. The van der Waals surface area contributed by atoms with Crippen molar-refractivity contribution in [1.82, 2.24) is 0 Å². The van der Waals surface area contributed by atoms with E-state index in [1.165, 1.54) is 0 Å². The maximum atomic E-state index is 5.88. The van der Waals surface area contributed by atoms with Crippen molar-refractivity contribution >= 4 is 5.69 Å². The highest BCUT2D eigenvalue weighted by Gasteiger charge is 2.02. The van der Waals surface area contributed by atoms with Crippen molar-refractivity contribution in [3.63, 3.8) is 0 Å². The molecule has 3 aromatic carbocycles. The summed E-state index contributed by atoms with van der Waals surface area (Å²) in [5, 5.41) is 0. The summed E-state index contributed by atoms with van der Waals surface area (Å²) in [6.07, 6.45) is 0. The lowest BCUT2D eigenvalue weighted by molar-refractivity contribution is 0.306. The molecule has 0 radical (unpaired) electrons. The Labute approximate surface area is 131 Å². The molecule has 2 heteroatoms. The van der Waals surface area contributed by atoms with Gasteiger partial charge in [-0.3, -0.25) is 0 Å². The Hall–Kier alpha value is -2.74. The van der Waals surface area contributed by atoms with E-state index in [9.17, 15) is 0 Å². The van der Waals surface area contributed by atoms with Gasteiger partial charge in [-0.2, -0.15) is 0 Å². The summed E-state index contributed by atoms with van der Waals surface area (Å²) in [5.74, 6) is 0.871. The zero-order valence-corrected chi connectivity index (χ0v) is 12.6. The van der Waals surface area contributed by atoms with Crippen molar-refractivity contribution in [2.24, 2.45) is 0 Å². The first-order valence-electron chi connectivity index (χ1n) is 7.36. The minimum atomic E-state index is 0.574. The topological polar surface area (TPSA) is 35.2 Å². The SMILES string of the molecule is Cc1cc(-c2cccc(OCc3ccccc3)c2)ccc1N. The summed E-state index contributed by atoms with van der Waals surface area (Å²) in [7, 11) is 0. The van der Waals surface area contributed by atoms with Crippen LogP contribution in [0.25, 0.3) is 11.1 Å². The van der Waals surface area contributed by atoms with E-state index in [4.69, 9.17) is 10.5 Å². The Morgan fingerprint density at radius 2 is 1.59 bits per heavy atom. The van der Waals surface area contributed by atoms with Crippen LogP contribution in [-0.4, -0.2) is 0 Å². The number of hydrogen-bond donors (Lipinski definition) is 1. The largest absolute Gasteiger partial charge is 0.489 e. The Kier molecular flexibility index (Phi) is 4.10. The maximum absolute atomic E-state index is 5.88. The first-order chi connectivity index (χ1) is 10.7. The van der Waals surface area contributed by atoms with E-state index in [1.807, 2.05) is 49.4 Å². The second-order valence-electron chi connectivity index (χ2n) is 5.37.